The Morgan fingerprint density at radius 2 is 1.42 bits per heavy atom. The van der Waals surface area contributed by atoms with Crippen molar-refractivity contribution < 1.29 is 0 Å². The highest BCUT2D eigenvalue weighted by molar-refractivity contribution is 6.24. The van der Waals surface area contributed by atoms with Crippen molar-refractivity contribution in [1.29, 1.82) is 0 Å². The van der Waals surface area contributed by atoms with Gasteiger partial charge in [0.1, 0.15) is 0 Å². The Morgan fingerprint density at radius 1 is 0.632 bits per heavy atom. The van der Waals surface area contributed by atoms with Crippen LogP contribution in [0.25, 0.3) is 60.5 Å². The zero-order valence-corrected chi connectivity index (χ0v) is 21.4. The number of nitrogens with zero attached hydrogens (tertiary/aromatic N) is 2. The van der Waals surface area contributed by atoms with Crippen LogP contribution in [0.1, 0.15) is 25.0 Å². The number of benzene rings is 5. The fourth-order valence-corrected chi connectivity index (χ4v) is 6.70. The quantitative estimate of drug-likeness (QED) is 0.238. The molecule has 0 bridgehead atoms. The number of rotatable bonds is 2. The van der Waals surface area contributed by atoms with Crippen molar-refractivity contribution in [2.75, 3.05) is 0 Å². The van der Waals surface area contributed by atoms with E-state index in [4.69, 9.17) is 0 Å². The van der Waals surface area contributed by atoms with Gasteiger partial charge in [-0.05, 0) is 68.9 Å². The fraction of sp³-hybridized carbons (Fsp3) is 0.0833. The maximum atomic E-state index is 4.30. The molecule has 0 fully saturated rings. The van der Waals surface area contributed by atoms with Crippen molar-refractivity contribution in [1.82, 2.24) is 9.55 Å². The summed E-state index contributed by atoms with van der Waals surface area (Å²) in [6, 6.07) is 40.0. The van der Waals surface area contributed by atoms with E-state index < -0.39 is 0 Å². The van der Waals surface area contributed by atoms with Crippen LogP contribution in [0.2, 0.25) is 0 Å². The summed E-state index contributed by atoms with van der Waals surface area (Å²) < 4.78 is 2.43. The van der Waals surface area contributed by atoms with E-state index in [9.17, 15) is 0 Å². The molecule has 2 nitrogen and oxygen atoms in total. The van der Waals surface area contributed by atoms with Crippen LogP contribution in [0.3, 0.4) is 0 Å². The smallest absolute Gasteiger partial charge is 0.0553 e. The first-order valence-corrected chi connectivity index (χ1v) is 13.2. The molecule has 8 rings (SSSR count). The van der Waals surface area contributed by atoms with E-state index in [0.29, 0.717) is 0 Å². The zero-order chi connectivity index (χ0) is 25.4. The lowest BCUT2D eigenvalue weighted by Crippen LogP contribution is -2.23. The molecule has 7 aromatic rings. The molecule has 5 aromatic carbocycles. The molecular weight excluding hydrogens is 460 g/mol. The Hall–Kier alpha value is -4.69. The third-order valence-corrected chi connectivity index (χ3v) is 8.46. The van der Waals surface area contributed by atoms with Crippen LogP contribution in [0.4, 0.5) is 0 Å². The van der Waals surface area contributed by atoms with Crippen LogP contribution in [0.5, 0.6) is 0 Å². The van der Waals surface area contributed by atoms with E-state index in [1.807, 2.05) is 18.5 Å². The summed E-state index contributed by atoms with van der Waals surface area (Å²) >= 11 is 0. The summed E-state index contributed by atoms with van der Waals surface area (Å²) in [5, 5.41) is 5.31. The van der Waals surface area contributed by atoms with Gasteiger partial charge in [-0.3, -0.25) is 4.98 Å². The second-order valence-electron chi connectivity index (χ2n) is 10.9. The number of fused-ring (bicyclic) bond motifs is 6. The van der Waals surface area contributed by atoms with Gasteiger partial charge in [0.05, 0.1) is 11.0 Å². The predicted octanol–water partition coefficient (Wildman–Crippen LogP) is 9.31. The second-order valence-corrected chi connectivity index (χ2v) is 10.9. The van der Waals surface area contributed by atoms with Crippen molar-refractivity contribution in [2.24, 2.45) is 0 Å². The second kappa shape index (κ2) is 7.66. The Bertz CT molecular complexity index is 2030. The van der Waals surface area contributed by atoms with Gasteiger partial charge in [0.15, 0.2) is 0 Å². The molecule has 0 amide bonds. The maximum Gasteiger partial charge on any atom is 0.0553 e. The highest BCUT2D eigenvalue weighted by Gasteiger charge is 2.35. The lowest BCUT2D eigenvalue weighted by Gasteiger charge is -2.35. The average molecular weight is 487 g/mol. The molecule has 180 valence electrons. The minimum Gasteiger partial charge on any atom is -0.309 e. The minimum absolute atomic E-state index is 0.0583. The number of hydrogen-bond acceptors (Lipinski definition) is 1. The standard InChI is InChI=1S/C36H26N2/c1-36(2)29-13-5-3-11-27(29)35-33-24(9-7-14-30(33)36)21-32-34(35)28-12-4-6-15-31(28)38(32)26-18-16-23(17-19-26)25-10-8-20-37-22-25/h3-22H,1-2H3. The molecular formula is C36H26N2. The number of para-hydroxylation sites is 1. The van der Waals surface area contributed by atoms with Gasteiger partial charge in [-0.25, -0.2) is 0 Å². The molecule has 0 N–H and O–H groups in total. The normalized spacial score (nSPS) is 13.7. The van der Waals surface area contributed by atoms with Crippen molar-refractivity contribution in [2.45, 2.75) is 19.3 Å². The van der Waals surface area contributed by atoms with Crippen LogP contribution in [-0.2, 0) is 5.41 Å². The van der Waals surface area contributed by atoms with Gasteiger partial charge in [-0.2, -0.15) is 0 Å². The number of aromatic nitrogens is 2. The van der Waals surface area contributed by atoms with Crippen LogP contribution in [0, 0.1) is 0 Å². The summed E-state index contributed by atoms with van der Waals surface area (Å²) in [5.74, 6) is 0. The molecule has 1 aliphatic rings. The van der Waals surface area contributed by atoms with Gasteiger partial charge in [0, 0.05) is 39.8 Å². The highest BCUT2D eigenvalue weighted by Crippen LogP contribution is 2.52. The molecule has 0 radical (unpaired) electrons. The van der Waals surface area contributed by atoms with E-state index in [2.05, 4.69) is 127 Å². The lowest BCUT2D eigenvalue weighted by molar-refractivity contribution is 0.645. The first kappa shape index (κ1) is 21.4. The summed E-state index contributed by atoms with van der Waals surface area (Å²) in [6.45, 7) is 4.72. The Balaban J connectivity index is 1.50. The Kier molecular flexibility index (Phi) is 4.31. The van der Waals surface area contributed by atoms with E-state index in [1.54, 1.807) is 0 Å². The monoisotopic (exact) mass is 486 g/mol. The third-order valence-electron chi connectivity index (χ3n) is 8.46. The van der Waals surface area contributed by atoms with Crippen LogP contribution in [0.15, 0.2) is 122 Å². The van der Waals surface area contributed by atoms with Crippen molar-refractivity contribution in [3.8, 4) is 27.9 Å². The Labute approximate surface area is 221 Å². The fourth-order valence-electron chi connectivity index (χ4n) is 6.70. The molecule has 0 saturated heterocycles. The SMILES string of the molecule is CC1(C)c2ccccc2-c2c3c1cccc3cc1c2c2ccccc2n1-c1ccc(-c2cccnc2)cc1. The summed E-state index contributed by atoms with van der Waals surface area (Å²) in [5.41, 5.74) is 11.4. The summed E-state index contributed by atoms with van der Waals surface area (Å²) in [4.78, 5) is 4.30. The molecule has 38 heavy (non-hydrogen) atoms. The topological polar surface area (TPSA) is 17.8 Å². The highest BCUT2D eigenvalue weighted by atomic mass is 15.0. The predicted molar refractivity (Wildman–Crippen MR) is 159 cm³/mol. The van der Waals surface area contributed by atoms with Gasteiger partial charge in [-0.15, -0.1) is 0 Å². The van der Waals surface area contributed by atoms with Crippen molar-refractivity contribution in [3.05, 3.63) is 133 Å². The third kappa shape index (κ3) is 2.80. The molecule has 0 aliphatic heterocycles. The maximum absolute atomic E-state index is 4.30. The lowest BCUT2D eigenvalue weighted by atomic mass is 9.68. The molecule has 0 spiro atoms. The first-order valence-electron chi connectivity index (χ1n) is 13.2. The number of hydrogen-bond donors (Lipinski definition) is 0. The van der Waals surface area contributed by atoms with Crippen molar-refractivity contribution >= 4 is 32.6 Å². The molecule has 2 heterocycles. The van der Waals surface area contributed by atoms with E-state index in [0.717, 1.165) is 11.3 Å². The van der Waals surface area contributed by atoms with Gasteiger partial charge < -0.3 is 4.57 Å². The Morgan fingerprint density at radius 3 is 2.26 bits per heavy atom. The van der Waals surface area contributed by atoms with E-state index in [-0.39, 0.29) is 5.41 Å². The summed E-state index contributed by atoms with van der Waals surface area (Å²) in [7, 11) is 0. The average Bonchev–Trinajstić information content (AvgIpc) is 3.29. The van der Waals surface area contributed by atoms with Crippen LogP contribution >= 0.6 is 0 Å². The van der Waals surface area contributed by atoms with Crippen molar-refractivity contribution in [3.63, 3.8) is 0 Å². The largest absolute Gasteiger partial charge is 0.309 e. The molecule has 2 heteroatoms. The van der Waals surface area contributed by atoms with Gasteiger partial charge >= 0.3 is 0 Å². The first-order chi connectivity index (χ1) is 18.6. The van der Waals surface area contributed by atoms with E-state index in [1.165, 1.54) is 60.4 Å². The zero-order valence-electron chi connectivity index (χ0n) is 21.4. The summed E-state index contributed by atoms with van der Waals surface area (Å²) in [6.07, 6.45) is 3.74. The number of pyridine rings is 1. The molecule has 1 aliphatic carbocycles. The van der Waals surface area contributed by atoms with Gasteiger partial charge in [0.25, 0.3) is 0 Å². The van der Waals surface area contributed by atoms with Crippen LogP contribution < -0.4 is 0 Å². The molecule has 2 aromatic heterocycles. The van der Waals surface area contributed by atoms with Crippen LogP contribution in [-0.4, -0.2) is 9.55 Å². The molecule has 0 unspecified atom stereocenters. The minimum atomic E-state index is -0.0583. The van der Waals surface area contributed by atoms with Gasteiger partial charge in [-0.1, -0.05) is 92.7 Å². The van der Waals surface area contributed by atoms with Gasteiger partial charge in [0.2, 0.25) is 0 Å². The molecule has 0 atom stereocenters. The molecule has 0 saturated carbocycles. The van der Waals surface area contributed by atoms with E-state index >= 15 is 0 Å².